The zero-order chi connectivity index (χ0) is 18.9. The summed E-state index contributed by atoms with van der Waals surface area (Å²) in [7, 11) is 0. The Bertz CT molecular complexity index is 1230. The SMILES string of the molecule is CC1(C)c2c(cccc2C2CC2)-c2c(-c3ccccc3)nc3ccccc3c21. The lowest BCUT2D eigenvalue weighted by Crippen LogP contribution is -2.18. The lowest BCUT2D eigenvalue weighted by Gasteiger charge is -2.25. The molecule has 1 fully saturated rings. The fraction of sp³-hybridized carbons (Fsp3) is 0.222. The molecule has 1 heteroatoms. The normalized spacial score (nSPS) is 16.8. The van der Waals surface area contributed by atoms with Gasteiger partial charge in [-0.15, -0.1) is 0 Å². The zero-order valence-corrected chi connectivity index (χ0v) is 16.4. The van der Waals surface area contributed by atoms with E-state index in [-0.39, 0.29) is 5.41 Å². The Hall–Kier alpha value is -2.93. The van der Waals surface area contributed by atoms with Crippen molar-refractivity contribution in [3.8, 4) is 22.4 Å². The summed E-state index contributed by atoms with van der Waals surface area (Å²) >= 11 is 0. The van der Waals surface area contributed by atoms with E-state index >= 15 is 0 Å². The molecule has 2 aliphatic rings. The van der Waals surface area contributed by atoms with Crippen LogP contribution in [-0.4, -0.2) is 4.98 Å². The lowest BCUT2D eigenvalue weighted by atomic mass is 9.78. The number of nitrogens with zero attached hydrogens (tertiary/aromatic N) is 1. The summed E-state index contributed by atoms with van der Waals surface area (Å²) in [6.07, 6.45) is 2.65. The molecule has 0 spiro atoms. The number of hydrogen-bond acceptors (Lipinski definition) is 1. The molecule has 0 amide bonds. The average Bonchev–Trinajstić information content (AvgIpc) is 3.54. The first-order chi connectivity index (χ1) is 13.7. The van der Waals surface area contributed by atoms with E-state index in [4.69, 9.17) is 4.98 Å². The number of pyridine rings is 1. The van der Waals surface area contributed by atoms with Crippen LogP contribution in [0.15, 0.2) is 72.8 Å². The molecule has 1 heterocycles. The Balaban J connectivity index is 1.79. The first kappa shape index (κ1) is 16.1. The Kier molecular flexibility index (Phi) is 3.18. The Morgan fingerprint density at radius 1 is 0.786 bits per heavy atom. The number of benzene rings is 3. The summed E-state index contributed by atoms with van der Waals surface area (Å²) in [4.78, 5) is 5.17. The van der Waals surface area contributed by atoms with E-state index in [1.165, 1.54) is 46.0 Å². The molecule has 0 radical (unpaired) electrons. The molecule has 0 saturated heterocycles. The van der Waals surface area contributed by atoms with E-state index in [9.17, 15) is 0 Å². The van der Waals surface area contributed by atoms with Gasteiger partial charge in [-0.25, -0.2) is 4.98 Å². The molecule has 0 atom stereocenters. The molecule has 1 saturated carbocycles. The molecule has 0 bridgehead atoms. The Morgan fingerprint density at radius 3 is 2.32 bits per heavy atom. The number of para-hydroxylation sites is 1. The van der Waals surface area contributed by atoms with Crippen LogP contribution >= 0.6 is 0 Å². The van der Waals surface area contributed by atoms with E-state index in [2.05, 4.69) is 86.6 Å². The van der Waals surface area contributed by atoms with Gasteiger partial charge in [0.1, 0.15) is 0 Å². The van der Waals surface area contributed by atoms with Gasteiger partial charge in [0.15, 0.2) is 0 Å². The first-order valence-electron chi connectivity index (χ1n) is 10.3. The van der Waals surface area contributed by atoms with Gasteiger partial charge >= 0.3 is 0 Å². The van der Waals surface area contributed by atoms with Crippen molar-refractivity contribution in [1.29, 1.82) is 0 Å². The van der Waals surface area contributed by atoms with Crippen molar-refractivity contribution in [2.45, 2.75) is 38.0 Å². The van der Waals surface area contributed by atoms with Crippen molar-refractivity contribution in [2.75, 3.05) is 0 Å². The van der Waals surface area contributed by atoms with Crippen LogP contribution in [0.4, 0.5) is 0 Å². The second-order valence-electron chi connectivity index (χ2n) is 8.76. The second kappa shape index (κ2) is 5.54. The molecule has 3 aromatic carbocycles. The van der Waals surface area contributed by atoms with Crippen LogP contribution < -0.4 is 0 Å². The van der Waals surface area contributed by atoms with Gasteiger partial charge in [0.25, 0.3) is 0 Å². The molecule has 1 aromatic heterocycles. The highest BCUT2D eigenvalue weighted by Gasteiger charge is 2.43. The van der Waals surface area contributed by atoms with Gasteiger partial charge in [-0.05, 0) is 47.1 Å². The van der Waals surface area contributed by atoms with E-state index in [0.29, 0.717) is 0 Å². The quantitative estimate of drug-likeness (QED) is 0.371. The monoisotopic (exact) mass is 361 g/mol. The molecule has 136 valence electrons. The lowest BCUT2D eigenvalue weighted by molar-refractivity contribution is 0.656. The third kappa shape index (κ3) is 2.10. The topological polar surface area (TPSA) is 12.9 Å². The van der Waals surface area contributed by atoms with Crippen LogP contribution in [0.1, 0.15) is 49.3 Å². The van der Waals surface area contributed by atoms with Crippen LogP contribution in [0.2, 0.25) is 0 Å². The maximum absolute atomic E-state index is 5.17. The Labute approximate surface area is 166 Å². The predicted molar refractivity (Wildman–Crippen MR) is 117 cm³/mol. The Morgan fingerprint density at radius 2 is 1.54 bits per heavy atom. The maximum Gasteiger partial charge on any atom is 0.0791 e. The third-order valence-corrected chi connectivity index (χ3v) is 6.57. The van der Waals surface area contributed by atoms with Gasteiger partial charge in [-0.1, -0.05) is 80.6 Å². The smallest absolute Gasteiger partial charge is 0.0791 e. The predicted octanol–water partition coefficient (Wildman–Crippen LogP) is 7.09. The van der Waals surface area contributed by atoms with Crippen LogP contribution in [0.3, 0.4) is 0 Å². The van der Waals surface area contributed by atoms with Crippen molar-refractivity contribution in [2.24, 2.45) is 0 Å². The number of aromatic nitrogens is 1. The molecular formula is C27H23N. The maximum atomic E-state index is 5.17. The summed E-state index contributed by atoms with van der Waals surface area (Å²) in [6, 6.07) is 26.3. The largest absolute Gasteiger partial charge is 0.247 e. The molecule has 28 heavy (non-hydrogen) atoms. The zero-order valence-electron chi connectivity index (χ0n) is 16.4. The molecule has 4 aromatic rings. The summed E-state index contributed by atoms with van der Waals surface area (Å²) < 4.78 is 0. The van der Waals surface area contributed by atoms with Crippen molar-refractivity contribution in [3.63, 3.8) is 0 Å². The highest BCUT2D eigenvalue weighted by atomic mass is 14.7. The molecule has 0 unspecified atom stereocenters. The van der Waals surface area contributed by atoms with Gasteiger partial charge in [0.2, 0.25) is 0 Å². The fourth-order valence-electron chi connectivity index (χ4n) is 5.26. The van der Waals surface area contributed by atoms with Crippen LogP contribution in [-0.2, 0) is 5.41 Å². The molecule has 2 aliphatic carbocycles. The number of rotatable bonds is 2. The van der Waals surface area contributed by atoms with Gasteiger partial charge in [-0.2, -0.15) is 0 Å². The fourth-order valence-corrected chi connectivity index (χ4v) is 5.26. The van der Waals surface area contributed by atoms with Crippen molar-refractivity contribution < 1.29 is 0 Å². The minimum absolute atomic E-state index is 0.0179. The van der Waals surface area contributed by atoms with Crippen molar-refractivity contribution in [1.82, 2.24) is 4.98 Å². The highest BCUT2D eigenvalue weighted by molar-refractivity contribution is 6.01. The summed E-state index contributed by atoms with van der Waals surface area (Å²) in [5, 5.41) is 1.29. The number of fused-ring (bicyclic) bond motifs is 5. The highest BCUT2D eigenvalue weighted by Crippen LogP contribution is 2.57. The van der Waals surface area contributed by atoms with Crippen molar-refractivity contribution >= 4 is 10.9 Å². The van der Waals surface area contributed by atoms with E-state index in [1.54, 1.807) is 5.56 Å². The summed E-state index contributed by atoms with van der Waals surface area (Å²) in [6.45, 7) is 4.81. The minimum Gasteiger partial charge on any atom is -0.247 e. The minimum atomic E-state index is -0.0179. The van der Waals surface area contributed by atoms with Crippen LogP contribution in [0.5, 0.6) is 0 Å². The van der Waals surface area contributed by atoms with E-state index in [1.807, 2.05) is 0 Å². The molecule has 0 N–H and O–H groups in total. The second-order valence-corrected chi connectivity index (χ2v) is 8.76. The first-order valence-corrected chi connectivity index (χ1v) is 10.3. The van der Waals surface area contributed by atoms with Crippen LogP contribution in [0.25, 0.3) is 33.3 Å². The van der Waals surface area contributed by atoms with Gasteiger partial charge in [0, 0.05) is 21.9 Å². The molecular weight excluding hydrogens is 338 g/mol. The standard InChI is InChI=1S/C27H23N/c1-27(2)24-19(17-15-16-17)12-8-13-21(24)23-25(27)20-11-6-7-14-22(20)28-26(23)18-9-4-3-5-10-18/h3-14,17H,15-16H2,1-2H3. The molecule has 6 rings (SSSR count). The average molecular weight is 361 g/mol. The molecule has 1 nitrogen and oxygen atoms in total. The van der Waals surface area contributed by atoms with Crippen molar-refractivity contribution in [3.05, 3.63) is 89.5 Å². The van der Waals surface area contributed by atoms with E-state index in [0.717, 1.165) is 17.1 Å². The van der Waals surface area contributed by atoms with Gasteiger partial charge < -0.3 is 0 Å². The van der Waals surface area contributed by atoms with Gasteiger partial charge in [-0.3, -0.25) is 0 Å². The number of hydrogen-bond donors (Lipinski definition) is 0. The van der Waals surface area contributed by atoms with Gasteiger partial charge in [0.05, 0.1) is 11.2 Å². The summed E-state index contributed by atoms with van der Waals surface area (Å²) in [5.74, 6) is 0.739. The third-order valence-electron chi connectivity index (χ3n) is 6.57. The summed E-state index contributed by atoms with van der Waals surface area (Å²) in [5.41, 5.74) is 10.7. The van der Waals surface area contributed by atoms with Crippen LogP contribution in [0, 0.1) is 0 Å². The molecule has 0 aliphatic heterocycles. The van der Waals surface area contributed by atoms with E-state index < -0.39 is 0 Å².